The molecular formula is C14H18N2O3. The molecule has 0 heterocycles. The summed E-state index contributed by atoms with van der Waals surface area (Å²) in [6, 6.07) is 6.21. The quantitative estimate of drug-likeness (QED) is 0.876. The molecule has 1 unspecified atom stereocenters. The van der Waals surface area contributed by atoms with Gasteiger partial charge >= 0.3 is 12.0 Å². The molecule has 1 aromatic rings. The normalized spacial score (nSPS) is 15.7. The van der Waals surface area contributed by atoms with Gasteiger partial charge in [-0.15, -0.1) is 0 Å². The molecule has 1 saturated carbocycles. The summed E-state index contributed by atoms with van der Waals surface area (Å²) in [6.45, 7) is 2.05. The number of carbonyl (C=O) groups excluding carboxylic acids is 1. The van der Waals surface area contributed by atoms with E-state index in [1.54, 1.807) is 24.1 Å². The Bertz CT molecular complexity index is 480. The maximum absolute atomic E-state index is 12.0. The molecule has 5 nitrogen and oxygen atoms in total. The van der Waals surface area contributed by atoms with Crippen molar-refractivity contribution >= 4 is 17.7 Å². The number of carboxylic acids is 1. The van der Waals surface area contributed by atoms with E-state index in [4.69, 9.17) is 5.11 Å². The summed E-state index contributed by atoms with van der Waals surface area (Å²) < 4.78 is 0. The van der Waals surface area contributed by atoms with Crippen molar-refractivity contribution in [2.24, 2.45) is 5.92 Å². The number of benzene rings is 1. The molecule has 2 rings (SSSR count). The predicted molar refractivity (Wildman–Crippen MR) is 72.4 cm³/mol. The number of carboxylic acid groups (broad SMARTS) is 1. The van der Waals surface area contributed by atoms with Gasteiger partial charge < -0.3 is 15.3 Å². The highest BCUT2D eigenvalue weighted by Gasteiger charge is 2.32. The summed E-state index contributed by atoms with van der Waals surface area (Å²) in [7, 11) is 1.78. The second-order valence-corrected chi connectivity index (χ2v) is 5.00. The Morgan fingerprint density at radius 3 is 2.37 bits per heavy atom. The zero-order valence-corrected chi connectivity index (χ0v) is 11.1. The van der Waals surface area contributed by atoms with Gasteiger partial charge in [-0.3, -0.25) is 0 Å². The lowest BCUT2D eigenvalue weighted by atomic mass is 10.2. The van der Waals surface area contributed by atoms with Crippen molar-refractivity contribution in [2.45, 2.75) is 25.8 Å². The number of urea groups is 1. The van der Waals surface area contributed by atoms with Crippen LogP contribution in [0.15, 0.2) is 24.3 Å². The Hall–Kier alpha value is -2.04. The number of nitrogens with zero attached hydrogens (tertiary/aromatic N) is 1. The van der Waals surface area contributed by atoms with Gasteiger partial charge in [-0.1, -0.05) is 0 Å². The Morgan fingerprint density at radius 2 is 1.89 bits per heavy atom. The largest absolute Gasteiger partial charge is 0.478 e. The maximum atomic E-state index is 12.0. The molecule has 19 heavy (non-hydrogen) atoms. The van der Waals surface area contributed by atoms with E-state index >= 15 is 0 Å². The molecule has 1 aromatic carbocycles. The minimum atomic E-state index is -0.975. The van der Waals surface area contributed by atoms with Crippen LogP contribution in [-0.4, -0.2) is 35.1 Å². The standard InChI is InChI=1S/C14H18N2O3/c1-9(10-3-4-10)16(2)14(19)15-12-7-5-11(6-8-12)13(17)18/h5-10H,3-4H2,1-2H3,(H,15,19)(H,17,18). The van der Waals surface area contributed by atoms with Crippen molar-refractivity contribution in [1.82, 2.24) is 4.90 Å². The Kier molecular flexibility index (Phi) is 3.74. The monoisotopic (exact) mass is 262 g/mol. The highest BCUT2D eigenvalue weighted by molar-refractivity contribution is 5.91. The van der Waals surface area contributed by atoms with Crippen molar-refractivity contribution in [2.75, 3.05) is 12.4 Å². The van der Waals surface area contributed by atoms with Gasteiger partial charge in [0.1, 0.15) is 0 Å². The molecule has 0 saturated heterocycles. The lowest BCUT2D eigenvalue weighted by Crippen LogP contribution is -2.39. The zero-order chi connectivity index (χ0) is 14.0. The minimum absolute atomic E-state index is 0.164. The summed E-state index contributed by atoms with van der Waals surface area (Å²) in [5, 5.41) is 11.6. The van der Waals surface area contributed by atoms with Crippen LogP contribution >= 0.6 is 0 Å². The summed E-state index contributed by atoms with van der Waals surface area (Å²) >= 11 is 0. The van der Waals surface area contributed by atoms with Crippen molar-refractivity contribution in [1.29, 1.82) is 0 Å². The molecule has 0 aromatic heterocycles. The van der Waals surface area contributed by atoms with Crippen LogP contribution in [0.3, 0.4) is 0 Å². The van der Waals surface area contributed by atoms with Gasteiger partial charge in [0.15, 0.2) is 0 Å². The highest BCUT2D eigenvalue weighted by Crippen LogP contribution is 2.34. The van der Waals surface area contributed by atoms with Crippen LogP contribution in [0.2, 0.25) is 0 Å². The number of aromatic carboxylic acids is 1. The number of hydrogen-bond acceptors (Lipinski definition) is 2. The Labute approximate surface area is 112 Å². The molecule has 2 amide bonds. The molecular weight excluding hydrogens is 244 g/mol. The minimum Gasteiger partial charge on any atom is -0.478 e. The molecule has 1 fully saturated rings. The molecule has 0 bridgehead atoms. The van der Waals surface area contributed by atoms with Gasteiger partial charge in [0.2, 0.25) is 0 Å². The lowest BCUT2D eigenvalue weighted by molar-refractivity contribution is 0.0697. The predicted octanol–water partition coefficient (Wildman–Crippen LogP) is 2.65. The van der Waals surface area contributed by atoms with E-state index in [2.05, 4.69) is 5.32 Å². The molecule has 0 radical (unpaired) electrons. The average Bonchev–Trinajstić information content (AvgIpc) is 3.21. The topological polar surface area (TPSA) is 69.6 Å². The first-order valence-corrected chi connectivity index (χ1v) is 6.36. The summed E-state index contributed by atoms with van der Waals surface area (Å²) in [5.74, 6) is -0.359. The molecule has 0 aliphatic heterocycles. The van der Waals surface area contributed by atoms with E-state index in [0.29, 0.717) is 11.6 Å². The number of hydrogen-bond donors (Lipinski definition) is 2. The third-order valence-corrected chi connectivity index (χ3v) is 3.62. The SMILES string of the molecule is CC(C1CC1)N(C)C(=O)Nc1ccc(C(=O)O)cc1. The van der Waals surface area contributed by atoms with Crippen molar-refractivity contribution in [3.63, 3.8) is 0 Å². The molecule has 102 valence electrons. The number of nitrogens with one attached hydrogen (secondary N) is 1. The van der Waals surface area contributed by atoms with Crippen molar-refractivity contribution in [3.05, 3.63) is 29.8 Å². The molecule has 1 aliphatic carbocycles. The number of carbonyl (C=O) groups is 2. The Balaban J connectivity index is 1.96. The van der Waals surface area contributed by atoms with Gasteiger partial charge in [0.25, 0.3) is 0 Å². The fourth-order valence-corrected chi connectivity index (χ4v) is 1.99. The first kappa shape index (κ1) is 13.4. The van der Waals surface area contributed by atoms with Crippen LogP contribution in [0.25, 0.3) is 0 Å². The average molecular weight is 262 g/mol. The number of rotatable bonds is 4. The van der Waals surface area contributed by atoms with Crippen LogP contribution in [0.5, 0.6) is 0 Å². The lowest BCUT2D eigenvalue weighted by Gasteiger charge is -2.25. The summed E-state index contributed by atoms with van der Waals surface area (Å²) in [6.07, 6.45) is 2.37. The summed E-state index contributed by atoms with van der Waals surface area (Å²) in [5.41, 5.74) is 0.808. The number of amides is 2. The van der Waals surface area contributed by atoms with E-state index in [0.717, 1.165) is 0 Å². The molecule has 0 spiro atoms. The van der Waals surface area contributed by atoms with Crippen LogP contribution < -0.4 is 5.32 Å². The summed E-state index contributed by atoms with van der Waals surface area (Å²) in [4.78, 5) is 24.4. The van der Waals surface area contributed by atoms with Crippen LogP contribution in [0.4, 0.5) is 10.5 Å². The smallest absolute Gasteiger partial charge is 0.335 e. The van der Waals surface area contributed by atoms with Gasteiger partial charge in [-0.25, -0.2) is 9.59 Å². The molecule has 5 heteroatoms. The first-order chi connectivity index (χ1) is 8.99. The van der Waals surface area contributed by atoms with Crippen molar-refractivity contribution in [3.8, 4) is 0 Å². The van der Waals surface area contributed by atoms with Crippen LogP contribution in [0.1, 0.15) is 30.1 Å². The van der Waals surface area contributed by atoms with Gasteiger partial charge in [0, 0.05) is 18.8 Å². The third-order valence-electron chi connectivity index (χ3n) is 3.62. The molecule has 2 N–H and O–H groups in total. The van der Waals surface area contributed by atoms with E-state index in [-0.39, 0.29) is 17.6 Å². The fraction of sp³-hybridized carbons (Fsp3) is 0.429. The third kappa shape index (κ3) is 3.24. The van der Waals surface area contributed by atoms with Crippen LogP contribution in [-0.2, 0) is 0 Å². The van der Waals surface area contributed by atoms with E-state index in [1.165, 1.54) is 25.0 Å². The first-order valence-electron chi connectivity index (χ1n) is 6.36. The van der Waals surface area contributed by atoms with E-state index in [9.17, 15) is 9.59 Å². The maximum Gasteiger partial charge on any atom is 0.335 e. The second kappa shape index (κ2) is 5.30. The number of anilines is 1. The van der Waals surface area contributed by atoms with Gasteiger partial charge in [-0.2, -0.15) is 0 Å². The van der Waals surface area contributed by atoms with Gasteiger partial charge in [0.05, 0.1) is 5.56 Å². The Morgan fingerprint density at radius 1 is 1.32 bits per heavy atom. The molecule has 1 atom stereocenters. The fourth-order valence-electron chi connectivity index (χ4n) is 1.99. The zero-order valence-electron chi connectivity index (χ0n) is 11.1. The molecule has 1 aliphatic rings. The van der Waals surface area contributed by atoms with E-state index < -0.39 is 5.97 Å². The highest BCUT2D eigenvalue weighted by atomic mass is 16.4. The van der Waals surface area contributed by atoms with Gasteiger partial charge in [-0.05, 0) is 49.9 Å². The second-order valence-electron chi connectivity index (χ2n) is 5.00. The van der Waals surface area contributed by atoms with E-state index in [1.807, 2.05) is 6.92 Å². The van der Waals surface area contributed by atoms with Crippen molar-refractivity contribution < 1.29 is 14.7 Å². The van der Waals surface area contributed by atoms with Crippen LogP contribution in [0, 0.1) is 5.92 Å².